The molecule has 9 heteroatoms. The van der Waals surface area contributed by atoms with Gasteiger partial charge >= 0.3 is 0 Å². The molecule has 1 aromatic rings. The van der Waals surface area contributed by atoms with Crippen molar-refractivity contribution >= 4 is 33.4 Å². The number of imide groups is 1. The number of sulfonamides is 1. The largest absolute Gasteiger partial charge is 0.351 e. The molecule has 1 atom stereocenters. The second-order valence-electron chi connectivity index (χ2n) is 7.20. The molecule has 2 aliphatic heterocycles. The second kappa shape index (κ2) is 8.40. The first kappa shape index (κ1) is 20.5. The summed E-state index contributed by atoms with van der Waals surface area (Å²) in [5.41, 5.74) is 0.775. The van der Waals surface area contributed by atoms with Gasteiger partial charge in [0.15, 0.2) is 0 Å². The fourth-order valence-electron chi connectivity index (χ4n) is 3.62. The van der Waals surface area contributed by atoms with E-state index in [0.717, 1.165) is 24.2 Å². The zero-order valence-electron chi connectivity index (χ0n) is 15.9. The molecule has 152 valence electrons. The number of nitrogens with one attached hydrogen (secondary N) is 1. The molecule has 1 aromatic carbocycles. The van der Waals surface area contributed by atoms with Crippen molar-refractivity contribution in [1.29, 1.82) is 0 Å². The Morgan fingerprint density at radius 2 is 1.75 bits per heavy atom. The Morgan fingerprint density at radius 1 is 1.11 bits per heavy atom. The minimum atomic E-state index is -3.40. The van der Waals surface area contributed by atoms with Crippen LogP contribution in [0, 0.1) is 0 Å². The molecule has 0 saturated carbocycles. The van der Waals surface area contributed by atoms with E-state index >= 15 is 0 Å². The summed E-state index contributed by atoms with van der Waals surface area (Å²) in [7, 11) is -3.40. The molecule has 2 fully saturated rings. The third-order valence-electron chi connectivity index (χ3n) is 5.18. The predicted molar refractivity (Wildman–Crippen MR) is 104 cm³/mol. The van der Waals surface area contributed by atoms with Gasteiger partial charge in [-0.25, -0.2) is 8.42 Å². The number of hydrogen-bond acceptors (Lipinski definition) is 5. The van der Waals surface area contributed by atoms with Crippen molar-refractivity contribution in [3.63, 3.8) is 0 Å². The van der Waals surface area contributed by atoms with Crippen molar-refractivity contribution in [2.24, 2.45) is 0 Å². The Balaban J connectivity index is 1.55. The lowest BCUT2D eigenvalue weighted by Crippen LogP contribution is -2.45. The number of carbonyl (C=O) groups excluding carboxylic acids is 3. The van der Waals surface area contributed by atoms with Gasteiger partial charge in [0.25, 0.3) is 5.91 Å². The van der Waals surface area contributed by atoms with Gasteiger partial charge in [0.05, 0.1) is 11.4 Å². The molecule has 0 radical (unpaired) electrons. The van der Waals surface area contributed by atoms with Gasteiger partial charge in [-0.15, -0.1) is 0 Å². The summed E-state index contributed by atoms with van der Waals surface area (Å²) < 4.78 is 26.5. The third kappa shape index (κ3) is 4.41. The summed E-state index contributed by atoms with van der Waals surface area (Å²) in [5, 5.41) is 2.62. The van der Waals surface area contributed by atoms with E-state index in [1.54, 1.807) is 12.1 Å². The molecular weight excluding hydrogens is 382 g/mol. The normalized spacial score (nSPS) is 21.2. The van der Waals surface area contributed by atoms with Crippen LogP contribution in [0.1, 0.15) is 49.4 Å². The number of benzene rings is 1. The van der Waals surface area contributed by atoms with Gasteiger partial charge in [0, 0.05) is 37.5 Å². The molecule has 2 aliphatic rings. The van der Waals surface area contributed by atoms with Crippen LogP contribution in [0.25, 0.3) is 0 Å². The van der Waals surface area contributed by atoms with E-state index in [0.29, 0.717) is 17.8 Å². The molecule has 0 spiro atoms. The highest BCUT2D eigenvalue weighted by Gasteiger charge is 2.31. The first-order valence-electron chi connectivity index (χ1n) is 9.53. The molecule has 0 bridgehead atoms. The lowest BCUT2D eigenvalue weighted by Gasteiger charge is -2.32. The van der Waals surface area contributed by atoms with Gasteiger partial charge in [-0.2, -0.15) is 4.31 Å². The molecule has 2 saturated heterocycles. The van der Waals surface area contributed by atoms with E-state index in [2.05, 4.69) is 5.32 Å². The molecular formula is C19H25N3O5S. The second-order valence-corrected chi connectivity index (χ2v) is 9.24. The van der Waals surface area contributed by atoms with Gasteiger partial charge in [-0.05, 0) is 44.0 Å². The molecule has 3 amide bonds. The van der Waals surface area contributed by atoms with Crippen LogP contribution >= 0.6 is 0 Å². The first-order valence-corrected chi connectivity index (χ1v) is 11.1. The zero-order valence-corrected chi connectivity index (χ0v) is 16.7. The number of nitrogens with zero attached hydrogens (tertiary/aromatic N) is 2. The first-order chi connectivity index (χ1) is 13.3. The van der Waals surface area contributed by atoms with Crippen LogP contribution in [0.4, 0.5) is 5.69 Å². The van der Waals surface area contributed by atoms with Crippen LogP contribution in [0.3, 0.4) is 0 Å². The summed E-state index contributed by atoms with van der Waals surface area (Å²) in [6.07, 6.45) is 3.16. The van der Waals surface area contributed by atoms with Crippen molar-refractivity contribution in [1.82, 2.24) is 9.62 Å². The minimum Gasteiger partial charge on any atom is -0.351 e. The Morgan fingerprint density at radius 3 is 2.36 bits per heavy atom. The van der Waals surface area contributed by atoms with Crippen LogP contribution in [0.15, 0.2) is 24.3 Å². The lowest BCUT2D eigenvalue weighted by molar-refractivity contribution is -0.121. The van der Waals surface area contributed by atoms with Crippen molar-refractivity contribution in [3.8, 4) is 0 Å². The fourth-order valence-corrected chi connectivity index (χ4v) is 5.28. The summed E-state index contributed by atoms with van der Waals surface area (Å²) in [5.74, 6) is -1.04. The van der Waals surface area contributed by atoms with Crippen molar-refractivity contribution < 1.29 is 22.8 Å². The number of hydrogen-bond donors (Lipinski definition) is 1. The van der Waals surface area contributed by atoms with Crippen LogP contribution in [-0.4, -0.2) is 55.3 Å². The Kier molecular flexibility index (Phi) is 6.14. The highest BCUT2D eigenvalue weighted by atomic mass is 32.2. The number of amides is 3. The summed E-state index contributed by atoms with van der Waals surface area (Å²) in [6, 6.07) is 6.12. The monoisotopic (exact) mass is 407 g/mol. The van der Waals surface area contributed by atoms with E-state index in [4.69, 9.17) is 0 Å². The zero-order chi connectivity index (χ0) is 20.3. The molecule has 28 heavy (non-hydrogen) atoms. The highest BCUT2D eigenvalue weighted by molar-refractivity contribution is 7.89. The molecule has 1 N–H and O–H groups in total. The molecule has 0 aliphatic carbocycles. The standard InChI is InChI=1S/C19H25N3O5S/c1-14-4-2-3-12-21(14)28(26,27)13-11-20-19(25)15-5-7-16(8-6-15)22-17(23)9-10-18(22)24/h5-8,14H,2-4,9-13H2,1H3,(H,20,25). The summed E-state index contributed by atoms with van der Waals surface area (Å²) in [6.45, 7) is 2.47. The third-order valence-corrected chi connectivity index (χ3v) is 7.16. The van der Waals surface area contributed by atoms with Crippen LogP contribution in [0.2, 0.25) is 0 Å². The van der Waals surface area contributed by atoms with E-state index in [9.17, 15) is 22.8 Å². The average molecular weight is 407 g/mol. The molecule has 1 unspecified atom stereocenters. The minimum absolute atomic E-state index is 0.00185. The Labute approximate surface area is 164 Å². The van der Waals surface area contributed by atoms with E-state index < -0.39 is 15.9 Å². The number of carbonyl (C=O) groups is 3. The van der Waals surface area contributed by atoms with Gasteiger partial charge in [-0.1, -0.05) is 6.42 Å². The maximum Gasteiger partial charge on any atom is 0.251 e. The van der Waals surface area contributed by atoms with Crippen molar-refractivity contribution in [2.75, 3.05) is 23.7 Å². The van der Waals surface area contributed by atoms with Gasteiger partial charge < -0.3 is 5.32 Å². The SMILES string of the molecule is CC1CCCCN1S(=O)(=O)CCNC(=O)c1ccc(N2C(=O)CCC2=O)cc1. The van der Waals surface area contributed by atoms with E-state index in [-0.39, 0.29) is 43.0 Å². The number of rotatable bonds is 6. The fraction of sp³-hybridized carbons (Fsp3) is 0.526. The van der Waals surface area contributed by atoms with E-state index in [1.807, 2.05) is 6.92 Å². The molecule has 3 rings (SSSR count). The molecule has 2 heterocycles. The Bertz CT molecular complexity index is 850. The lowest BCUT2D eigenvalue weighted by atomic mass is 10.1. The molecule has 8 nitrogen and oxygen atoms in total. The average Bonchev–Trinajstić information content (AvgIpc) is 3.00. The Hall–Kier alpha value is -2.26. The van der Waals surface area contributed by atoms with Crippen LogP contribution < -0.4 is 10.2 Å². The molecule has 0 aromatic heterocycles. The topological polar surface area (TPSA) is 104 Å². The highest BCUT2D eigenvalue weighted by Crippen LogP contribution is 2.23. The maximum absolute atomic E-state index is 12.5. The maximum atomic E-state index is 12.5. The van der Waals surface area contributed by atoms with Crippen LogP contribution in [-0.2, 0) is 19.6 Å². The van der Waals surface area contributed by atoms with Crippen LogP contribution in [0.5, 0.6) is 0 Å². The summed E-state index contributed by atoms with van der Waals surface area (Å²) in [4.78, 5) is 36.9. The quantitative estimate of drug-likeness (QED) is 0.716. The van der Waals surface area contributed by atoms with E-state index in [1.165, 1.54) is 16.4 Å². The van der Waals surface area contributed by atoms with Crippen molar-refractivity contribution in [3.05, 3.63) is 29.8 Å². The smallest absolute Gasteiger partial charge is 0.251 e. The van der Waals surface area contributed by atoms with Gasteiger partial charge in [-0.3, -0.25) is 19.3 Å². The predicted octanol–water partition coefficient (Wildman–Crippen LogP) is 1.27. The summed E-state index contributed by atoms with van der Waals surface area (Å²) >= 11 is 0. The van der Waals surface area contributed by atoms with Crippen molar-refractivity contribution in [2.45, 2.75) is 45.1 Å². The van der Waals surface area contributed by atoms with Gasteiger partial charge in [0.2, 0.25) is 21.8 Å². The van der Waals surface area contributed by atoms with Gasteiger partial charge in [0.1, 0.15) is 0 Å². The number of piperidine rings is 1. The number of anilines is 1.